The molecule has 0 saturated carbocycles. The number of hydrogen-bond donors (Lipinski definition) is 2. The van der Waals surface area contributed by atoms with Crippen molar-refractivity contribution in [1.82, 2.24) is 25.5 Å². The number of ether oxygens (including phenoxy) is 1. The number of carbonyl (C=O) groups is 1. The molecule has 0 bridgehead atoms. The van der Waals surface area contributed by atoms with E-state index in [0.717, 1.165) is 6.92 Å². The molecular formula is C22H26F2N6O2. The van der Waals surface area contributed by atoms with Gasteiger partial charge in [0, 0.05) is 35.0 Å². The van der Waals surface area contributed by atoms with Gasteiger partial charge in [-0.25, -0.2) is 13.6 Å². The van der Waals surface area contributed by atoms with Crippen molar-refractivity contribution in [3.63, 3.8) is 0 Å². The van der Waals surface area contributed by atoms with E-state index in [1.807, 2.05) is 45.0 Å². The number of alkyl carbamates (subject to hydrolysis) is 1. The van der Waals surface area contributed by atoms with E-state index in [4.69, 9.17) is 4.74 Å². The minimum absolute atomic E-state index is 0.0562. The van der Waals surface area contributed by atoms with Crippen LogP contribution in [0.15, 0.2) is 48.5 Å². The Bertz CT molecular complexity index is 1060. The standard InChI is InChI=1S/C22H26F2N6O2/c1-21(2,3)26-20(31)32-14-13-30-28-19(27-29-30)17-7-5-6-8-18(17)25-16-11-9-15(10-12-16)22(4,23)24/h5-12,25H,13-14H2,1-4H3,(H,26,31). The summed E-state index contributed by atoms with van der Waals surface area (Å²) >= 11 is 0. The monoisotopic (exact) mass is 444 g/mol. The molecule has 1 heterocycles. The van der Waals surface area contributed by atoms with Gasteiger partial charge in [0.15, 0.2) is 0 Å². The van der Waals surface area contributed by atoms with Gasteiger partial charge >= 0.3 is 6.09 Å². The Balaban J connectivity index is 1.66. The van der Waals surface area contributed by atoms with Crippen molar-refractivity contribution in [2.24, 2.45) is 0 Å². The lowest BCUT2D eigenvalue weighted by molar-refractivity contribution is 0.0175. The number of amides is 1. The first-order chi connectivity index (χ1) is 15.0. The average Bonchev–Trinajstić information content (AvgIpc) is 3.15. The molecule has 170 valence electrons. The third kappa shape index (κ3) is 6.47. The number of benzene rings is 2. The van der Waals surface area contributed by atoms with E-state index in [-0.39, 0.29) is 24.3 Å². The molecule has 3 aromatic rings. The summed E-state index contributed by atoms with van der Waals surface area (Å²) in [6.07, 6.45) is -0.515. The molecule has 3 rings (SSSR count). The number of halogens is 2. The van der Waals surface area contributed by atoms with E-state index < -0.39 is 12.0 Å². The molecule has 10 heteroatoms. The van der Waals surface area contributed by atoms with Crippen molar-refractivity contribution in [3.8, 4) is 11.4 Å². The van der Waals surface area contributed by atoms with Gasteiger partial charge in [0.05, 0.1) is 6.54 Å². The van der Waals surface area contributed by atoms with Crippen LogP contribution in [0.2, 0.25) is 0 Å². The Morgan fingerprint density at radius 1 is 1.06 bits per heavy atom. The van der Waals surface area contributed by atoms with Crippen LogP contribution >= 0.6 is 0 Å². The fourth-order valence-corrected chi connectivity index (χ4v) is 2.80. The van der Waals surface area contributed by atoms with E-state index in [1.165, 1.54) is 16.9 Å². The van der Waals surface area contributed by atoms with E-state index in [1.54, 1.807) is 12.1 Å². The Morgan fingerprint density at radius 3 is 2.41 bits per heavy atom. The van der Waals surface area contributed by atoms with Crippen LogP contribution in [0, 0.1) is 0 Å². The second-order valence-corrected chi connectivity index (χ2v) is 8.36. The summed E-state index contributed by atoms with van der Waals surface area (Å²) in [5, 5.41) is 18.3. The lowest BCUT2D eigenvalue weighted by Gasteiger charge is -2.19. The third-order valence-electron chi connectivity index (χ3n) is 4.29. The lowest BCUT2D eigenvalue weighted by Crippen LogP contribution is -2.41. The molecule has 2 N–H and O–H groups in total. The van der Waals surface area contributed by atoms with Gasteiger partial charge in [0.2, 0.25) is 5.82 Å². The molecule has 0 spiro atoms. The van der Waals surface area contributed by atoms with Crippen LogP contribution < -0.4 is 10.6 Å². The number of hydrogen-bond acceptors (Lipinski definition) is 6. The minimum atomic E-state index is -2.89. The van der Waals surface area contributed by atoms with Crippen molar-refractivity contribution in [2.75, 3.05) is 11.9 Å². The first-order valence-corrected chi connectivity index (χ1v) is 10.1. The van der Waals surface area contributed by atoms with Crippen molar-refractivity contribution >= 4 is 17.5 Å². The normalized spacial score (nSPS) is 11.8. The Hall–Kier alpha value is -3.56. The molecule has 1 amide bonds. The second-order valence-electron chi connectivity index (χ2n) is 8.36. The van der Waals surface area contributed by atoms with Gasteiger partial charge in [0.25, 0.3) is 5.92 Å². The van der Waals surface area contributed by atoms with Crippen LogP contribution in [0.3, 0.4) is 0 Å². The van der Waals surface area contributed by atoms with Crippen LogP contribution in [-0.2, 0) is 17.2 Å². The Morgan fingerprint density at radius 2 is 1.75 bits per heavy atom. The van der Waals surface area contributed by atoms with E-state index in [9.17, 15) is 13.6 Å². The molecule has 0 aliphatic carbocycles. The van der Waals surface area contributed by atoms with E-state index in [2.05, 4.69) is 26.0 Å². The van der Waals surface area contributed by atoms with Crippen LogP contribution in [0.4, 0.5) is 25.0 Å². The summed E-state index contributed by atoms with van der Waals surface area (Å²) in [5.74, 6) is -2.51. The van der Waals surface area contributed by atoms with Gasteiger partial charge < -0.3 is 15.4 Å². The molecule has 8 nitrogen and oxygen atoms in total. The largest absolute Gasteiger partial charge is 0.448 e. The summed E-state index contributed by atoms with van der Waals surface area (Å²) in [7, 11) is 0. The summed E-state index contributed by atoms with van der Waals surface area (Å²) in [5.41, 5.74) is 1.60. The minimum Gasteiger partial charge on any atom is -0.448 e. The van der Waals surface area contributed by atoms with Crippen molar-refractivity contribution in [2.45, 2.75) is 45.7 Å². The summed E-state index contributed by atoms with van der Waals surface area (Å²) in [6.45, 7) is 6.77. The van der Waals surface area contributed by atoms with Gasteiger partial charge in [0.1, 0.15) is 6.61 Å². The number of aromatic nitrogens is 4. The van der Waals surface area contributed by atoms with Crippen molar-refractivity contribution in [3.05, 3.63) is 54.1 Å². The average molecular weight is 444 g/mol. The SMILES string of the molecule is CC(C)(C)NC(=O)OCCn1nnc(-c2ccccc2Nc2ccc(C(C)(F)F)cc2)n1. The molecule has 0 atom stereocenters. The number of para-hydroxylation sites is 1. The molecule has 32 heavy (non-hydrogen) atoms. The maximum Gasteiger partial charge on any atom is 0.407 e. The lowest BCUT2D eigenvalue weighted by atomic mass is 10.1. The molecule has 2 aromatic carbocycles. The molecule has 0 saturated heterocycles. The topological polar surface area (TPSA) is 94.0 Å². The summed E-state index contributed by atoms with van der Waals surface area (Å²) in [6, 6.07) is 13.3. The van der Waals surface area contributed by atoms with Crippen molar-refractivity contribution in [1.29, 1.82) is 0 Å². The number of nitrogens with zero attached hydrogens (tertiary/aromatic N) is 4. The van der Waals surface area contributed by atoms with E-state index >= 15 is 0 Å². The molecule has 0 aliphatic heterocycles. The van der Waals surface area contributed by atoms with Crippen LogP contribution in [0.5, 0.6) is 0 Å². The van der Waals surface area contributed by atoms with Gasteiger partial charge in [-0.3, -0.25) is 0 Å². The van der Waals surface area contributed by atoms with Gasteiger partial charge in [-0.2, -0.15) is 4.80 Å². The molecule has 0 fully saturated rings. The van der Waals surface area contributed by atoms with Gasteiger partial charge in [-0.1, -0.05) is 24.3 Å². The smallest absolute Gasteiger partial charge is 0.407 e. The van der Waals surface area contributed by atoms with Crippen molar-refractivity contribution < 1.29 is 18.3 Å². The first kappa shape index (κ1) is 23.1. The zero-order chi connectivity index (χ0) is 23.4. The summed E-state index contributed by atoms with van der Waals surface area (Å²) < 4.78 is 32.0. The number of anilines is 2. The predicted octanol–water partition coefficient (Wildman–Crippen LogP) is 4.72. The fraction of sp³-hybridized carbons (Fsp3) is 0.364. The quantitative estimate of drug-likeness (QED) is 0.548. The highest BCUT2D eigenvalue weighted by Crippen LogP contribution is 2.30. The first-order valence-electron chi connectivity index (χ1n) is 10.1. The predicted molar refractivity (Wildman–Crippen MR) is 117 cm³/mol. The maximum atomic E-state index is 13.4. The number of alkyl halides is 2. The molecule has 0 aliphatic rings. The molecular weight excluding hydrogens is 418 g/mol. The Kier molecular flexibility index (Phi) is 6.71. The third-order valence-corrected chi connectivity index (χ3v) is 4.29. The zero-order valence-electron chi connectivity index (χ0n) is 18.4. The van der Waals surface area contributed by atoms with Crippen LogP contribution in [-0.4, -0.2) is 38.4 Å². The number of carbonyl (C=O) groups excluding carboxylic acids is 1. The maximum absolute atomic E-state index is 13.4. The number of nitrogens with one attached hydrogen (secondary N) is 2. The van der Waals surface area contributed by atoms with Crippen LogP contribution in [0.25, 0.3) is 11.4 Å². The highest BCUT2D eigenvalue weighted by atomic mass is 19.3. The highest BCUT2D eigenvalue weighted by molar-refractivity contribution is 5.77. The Labute approximate surface area is 185 Å². The molecule has 1 aromatic heterocycles. The fourth-order valence-electron chi connectivity index (χ4n) is 2.80. The van der Waals surface area contributed by atoms with Gasteiger partial charge in [-0.15, -0.1) is 10.2 Å². The molecule has 0 unspecified atom stereocenters. The zero-order valence-corrected chi connectivity index (χ0v) is 18.4. The van der Waals surface area contributed by atoms with E-state index in [0.29, 0.717) is 22.8 Å². The second kappa shape index (κ2) is 9.29. The van der Waals surface area contributed by atoms with Crippen LogP contribution in [0.1, 0.15) is 33.3 Å². The summed E-state index contributed by atoms with van der Waals surface area (Å²) in [4.78, 5) is 13.1. The highest BCUT2D eigenvalue weighted by Gasteiger charge is 2.23. The number of tetrazole rings is 1. The number of rotatable bonds is 7. The molecule has 0 radical (unpaired) electrons. The van der Waals surface area contributed by atoms with Gasteiger partial charge in [-0.05, 0) is 50.3 Å².